The Bertz CT molecular complexity index is 1160. The largest absolute Gasteiger partial charge is 0.508 e. The van der Waals surface area contributed by atoms with Crippen LogP contribution in [0.4, 0.5) is 11.6 Å². The maximum absolute atomic E-state index is 12.2. The van der Waals surface area contributed by atoms with E-state index in [9.17, 15) is 25.3 Å². The van der Waals surface area contributed by atoms with Gasteiger partial charge in [0.15, 0.2) is 0 Å². The number of hydrogen-bond donors (Lipinski definition) is 3. The molecular formula is C18H12N6O4. The van der Waals surface area contributed by atoms with E-state index in [2.05, 4.69) is 20.5 Å². The Balaban J connectivity index is 1.95. The van der Waals surface area contributed by atoms with Crippen molar-refractivity contribution in [1.82, 2.24) is 9.97 Å². The molecule has 0 bridgehead atoms. The molecule has 0 spiro atoms. The minimum atomic E-state index is -0.655. The van der Waals surface area contributed by atoms with Crippen molar-refractivity contribution >= 4 is 17.9 Å². The lowest BCUT2D eigenvalue weighted by atomic mass is 10.1. The lowest BCUT2D eigenvalue weighted by Crippen LogP contribution is -2.16. The predicted molar refractivity (Wildman–Crippen MR) is 101 cm³/mol. The number of phenols is 1. The van der Waals surface area contributed by atoms with Gasteiger partial charge in [0.1, 0.15) is 17.4 Å². The number of hydrogen-bond acceptors (Lipinski definition) is 8. The Labute approximate surface area is 157 Å². The van der Waals surface area contributed by atoms with Crippen molar-refractivity contribution in [2.75, 3.05) is 5.43 Å². The first-order valence-electron chi connectivity index (χ1n) is 7.86. The van der Waals surface area contributed by atoms with Crippen LogP contribution in [-0.2, 0) is 0 Å². The normalized spacial score (nSPS) is 10.5. The van der Waals surface area contributed by atoms with Crippen LogP contribution in [0.2, 0.25) is 0 Å². The average molecular weight is 376 g/mol. The molecule has 0 unspecified atom stereocenters. The Morgan fingerprint density at radius 1 is 1.29 bits per heavy atom. The molecule has 1 heterocycles. The molecule has 0 aliphatic carbocycles. The number of aromatic hydroxyl groups is 1. The summed E-state index contributed by atoms with van der Waals surface area (Å²) in [5.41, 5.74) is 2.21. The molecule has 1 aromatic heterocycles. The summed E-state index contributed by atoms with van der Waals surface area (Å²) < 4.78 is 0. The zero-order chi connectivity index (χ0) is 20.1. The van der Waals surface area contributed by atoms with Crippen LogP contribution < -0.4 is 11.0 Å². The number of anilines is 1. The second-order valence-corrected chi connectivity index (χ2v) is 5.49. The van der Waals surface area contributed by atoms with Crippen molar-refractivity contribution in [1.29, 1.82) is 5.26 Å². The molecule has 3 N–H and O–H groups in total. The molecule has 10 heteroatoms. The monoisotopic (exact) mass is 376 g/mol. The molecule has 3 aromatic rings. The summed E-state index contributed by atoms with van der Waals surface area (Å²) in [5, 5.41) is 33.6. The number of aromatic nitrogens is 2. The fraction of sp³-hybridized carbons (Fsp3) is 0. The van der Waals surface area contributed by atoms with Crippen LogP contribution in [0, 0.1) is 21.4 Å². The van der Waals surface area contributed by atoms with E-state index in [1.54, 1.807) is 30.3 Å². The summed E-state index contributed by atoms with van der Waals surface area (Å²) in [4.78, 5) is 29.1. The molecular weight excluding hydrogens is 364 g/mol. The Morgan fingerprint density at radius 2 is 2.04 bits per heavy atom. The first-order chi connectivity index (χ1) is 13.5. The van der Waals surface area contributed by atoms with Crippen LogP contribution in [0.1, 0.15) is 11.1 Å². The zero-order valence-corrected chi connectivity index (χ0v) is 14.2. The molecule has 28 heavy (non-hydrogen) atoms. The zero-order valence-electron chi connectivity index (χ0n) is 14.2. The maximum atomic E-state index is 12.2. The molecule has 0 amide bonds. The summed E-state index contributed by atoms with van der Waals surface area (Å²) in [6, 6.07) is 14.0. The predicted octanol–water partition coefficient (Wildman–Crippen LogP) is 2.37. The highest BCUT2D eigenvalue weighted by Gasteiger charge is 2.14. The Morgan fingerprint density at radius 3 is 2.71 bits per heavy atom. The number of phenolic OH excluding ortho intramolecular Hbond substituents is 1. The number of rotatable bonds is 5. The van der Waals surface area contributed by atoms with Crippen LogP contribution >= 0.6 is 0 Å². The number of nitriles is 1. The highest BCUT2D eigenvalue weighted by Crippen LogP contribution is 2.22. The van der Waals surface area contributed by atoms with Gasteiger partial charge in [-0.3, -0.25) is 19.9 Å². The molecule has 3 rings (SSSR count). The van der Waals surface area contributed by atoms with Gasteiger partial charge >= 0.3 is 0 Å². The summed E-state index contributed by atoms with van der Waals surface area (Å²) in [6.07, 6.45) is 1.11. The number of nitro benzene ring substituents is 1. The van der Waals surface area contributed by atoms with Gasteiger partial charge in [-0.05, 0) is 12.1 Å². The lowest BCUT2D eigenvalue weighted by Gasteiger charge is -2.06. The minimum Gasteiger partial charge on any atom is -0.508 e. The molecule has 0 radical (unpaired) electrons. The van der Waals surface area contributed by atoms with Crippen molar-refractivity contribution in [3.05, 3.63) is 80.1 Å². The third kappa shape index (κ3) is 3.83. The fourth-order valence-electron chi connectivity index (χ4n) is 2.41. The van der Waals surface area contributed by atoms with Gasteiger partial charge in [0.25, 0.3) is 11.2 Å². The second-order valence-electron chi connectivity index (χ2n) is 5.49. The lowest BCUT2D eigenvalue weighted by molar-refractivity contribution is -0.385. The van der Waals surface area contributed by atoms with E-state index >= 15 is 0 Å². The third-order valence-electron chi connectivity index (χ3n) is 3.66. The van der Waals surface area contributed by atoms with Crippen molar-refractivity contribution in [2.24, 2.45) is 5.10 Å². The van der Waals surface area contributed by atoms with Crippen molar-refractivity contribution in [3.63, 3.8) is 0 Å². The van der Waals surface area contributed by atoms with Gasteiger partial charge in [0.2, 0.25) is 5.95 Å². The molecule has 0 saturated carbocycles. The topological polar surface area (TPSA) is 157 Å². The number of nitrogens with one attached hydrogen (secondary N) is 2. The van der Waals surface area contributed by atoms with E-state index in [4.69, 9.17) is 0 Å². The highest BCUT2D eigenvalue weighted by molar-refractivity contribution is 5.86. The summed E-state index contributed by atoms with van der Waals surface area (Å²) in [5.74, 6) is -0.217. The quantitative estimate of drug-likeness (QED) is 0.350. The van der Waals surface area contributed by atoms with Crippen LogP contribution in [-0.4, -0.2) is 26.2 Å². The fourth-order valence-corrected chi connectivity index (χ4v) is 2.41. The number of hydrazone groups is 1. The van der Waals surface area contributed by atoms with E-state index in [1.807, 2.05) is 6.07 Å². The second kappa shape index (κ2) is 7.79. The number of nitro groups is 1. The standard InChI is InChI=1S/C18H12N6O4/c19-9-14-16(11-4-2-1-3-5-11)21-18(22-17(14)26)23-20-10-12-8-13(25)6-7-15(12)24(27)28/h1-8,10,25H,(H2,21,22,23,26). The molecule has 138 valence electrons. The summed E-state index contributed by atoms with van der Waals surface area (Å²) >= 11 is 0. The van der Waals surface area contributed by atoms with Gasteiger partial charge in [-0.25, -0.2) is 10.4 Å². The van der Waals surface area contributed by atoms with Gasteiger partial charge in [0, 0.05) is 11.6 Å². The summed E-state index contributed by atoms with van der Waals surface area (Å²) in [6.45, 7) is 0. The van der Waals surface area contributed by atoms with Crippen molar-refractivity contribution < 1.29 is 10.0 Å². The first kappa shape index (κ1) is 18.3. The first-order valence-corrected chi connectivity index (χ1v) is 7.86. The number of aromatic amines is 1. The van der Waals surface area contributed by atoms with Crippen LogP contribution in [0.5, 0.6) is 5.75 Å². The molecule has 0 aliphatic rings. The minimum absolute atomic E-state index is 0.0526. The van der Waals surface area contributed by atoms with Gasteiger partial charge in [0.05, 0.1) is 22.4 Å². The van der Waals surface area contributed by atoms with Crippen LogP contribution in [0.3, 0.4) is 0 Å². The van der Waals surface area contributed by atoms with E-state index in [1.165, 1.54) is 12.1 Å². The third-order valence-corrected chi connectivity index (χ3v) is 3.66. The van der Waals surface area contributed by atoms with E-state index < -0.39 is 10.5 Å². The smallest absolute Gasteiger partial charge is 0.278 e. The molecule has 10 nitrogen and oxygen atoms in total. The average Bonchev–Trinajstić information content (AvgIpc) is 2.68. The van der Waals surface area contributed by atoms with E-state index in [0.29, 0.717) is 5.56 Å². The van der Waals surface area contributed by atoms with Crippen LogP contribution in [0.15, 0.2) is 58.4 Å². The number of nitrogens with zero attached hydrogens (tertiary/aromatic N) is 4. The van der Waals surface area contributed by atoms with Crippen molar-refractivity contribution in [2.45, 2.75) is 0 Å². The summed E-state index contributed by atoms with van der Waals surface area (Å²) in [7, 11) is 0. The maximum Gasteiger partial charge on any atom is 0.278 e. The molecule has 0 fully saturated rings. The molecule has 2 aromatic carbocycles. The molecule has 0 atom stereocenters. The van der Waals surface area contributed by atoms with Gasteiger partial charge in [-0.2, -0.15) is 10.4 Å². The van der Waals surface area contributed by atoms with Gasteiger partial charge in [-0.1, -0.05) is 30.3 Å². The van der Waals surface area contributed by atoms with E-state index in [-0.39, 0.29) is 34.2 Å². The number of benzene rings is 2. The highest BCUT2D eigenvalue weighted by atomic mass is 16.6. The van der Waals surface area contributed by atoms with Gasteiger partial charge < -0.3 is 5.11 Å². The molecule has 0 aliphatic heterocycles. The van der Waals surface area contributed by atoms with Crippen LogP contribution in [0.25, 0.3) is 11.3 Å². The van der Waals surface area contributed by atoms with Crippen molar-refractivity contribution in [3.8, 4) is 23.1 Å². The van der Waals surface area contributed by atoms with E-state index in [0.717, 1.165) is 12.3 Å². The SMILES string of the molecule is N#Cc1c(-c2ccccc2)nc(NN=Cc2cc(O)ccc2[N+](=O)[O-])[nH]c1=O. The van der Waals surface area contributed by atoms with Gasteiger partial charge in [-0.15, -0.1) is 0 Å². The number of H-pyrrole nitrogens is 1. The molecule has 0 saturated heterocycles. The Kier molecular flexibility index (Phi) is 5.09. The Hall–Kier alpha value is -4.52.